The van der Waals surface area contributed by atoms with Gasteiger partial charge in [0.25, 0.3) is 5.91 Å². The van der Waals surface area contributed by atoms with Crippen LogP contribution >= 0.6 is 23.8 Å². The third-order valence-electron chi connectivity index (χ3n) is 6.05. The van der Waals surface area contributed by atoms with Crippen molar-refractivity contribution in [2.24, 2.45) is 17.8 Å². The maximum atomic E-state index is 12.6. The molecule has 1 amide bonds. The summed E-state index contributed by atoms with van der Waals surface area (Å²) in [5.74, 6) is 2.67. The van der Waals surface area contributed by atoms with E-state index >= 15 is 0 Å². The predicted molar refractivity (Wildman–Crippen MR) is 102 cm³/mol. The monoisotopic (exact) mass is 378 g/mol. The zero-order valence-electron chi connectivity index (χ0n) is 14.3. The summed E-state index contributed by atoms with van der Waals surface area (Å²) in [6, 6.07) is 4.99. The van der Waals surface area contributed by atoms with Gasteiger partial charge in [-0.05, 0) is 86.7 Å². The highest BCUT2D eigenvalue weighted by molar-refractivity contribution is 7.80. The smallest absolute Gasteiger partial charge is 0.261 e. The van der Waals surface area contributed by atoms with Gasteiger partial charge in [0.2, 0.25) is 0 Å². The van der Waals surface area contributed by atoms with Crippen molar-refractivity contribution in [1.29, 1.82) is 0 Å². The lowest BCUT2D eigenvalue weighted by Crippen LogP contribution is -2.61. The van der Waals surface area contributed by atoms with Crippen molar-refractivity contribution in [1.82, 2.24) is 10.6 Å². The van der Waals surface area contributed by atoms with Gasteiger partial charge in [0.15, 0.2) is 5.11 Å². The number of methoxy groups -OCH3 is 1. The molecule has 4 nitrogen and oxygen atoms in total. The van der Waals surface area contributed by atoms with Crippen LogP contribution in [-0.2, 0) is 0 Å². The Morgan fingerprint density at radius 1 is 1.20 bits per heavy atom. The molecule has 4 saturated carbocycles. The fraction of sp³-hybridized carbons (Fsp3) is 0.579. The molecule has 5 rings (SSSR count). The number of hydrogen-bond donors (Lipinski definition) is 2. The lowest BCUT2D eigenvalue weighted by molar-refractivity contribution is -0.0101. The van der Waals surface area contributed by atoms with Gasteiger partial charge in [-0.3, -0.25) is 10.1 Å². The molecule has 0 aromatic heterocycles. The molecule has 0 saturated heterocycles. The number of carbonyl (C=O) groups is 1. The number of ether oxygens (including phenoxy) is 1. The summed E-state index contributed by atoms with van der Waals surface area (Å²) in [5, 5.41) is 7.22. The van der Waals surface area contributed by atoms with Crippen LogP contribution in [-0.4, -0.2) is 23.7 Å². The number of amides is 1. The van der Waals surface area contributed by atoms with Crippen molar-refractivity contribution >= 4 is 34.8 Å². The van der Waals surface area contributed by atoms with Crippen LogP contribution in [0.4, 0.5) is 0 Å². The maximum absolute atomic E-state index is 12.6. The highest BCUT2D eigenvalue weighted by Crippen LogP contribution is 2.55. The number of benzene rings is 1. The van der Waals surface area contributed by atoms with E-state index in [2.05, 4.69) is 10.6 Å². The van der Waals surface area contributed by atoms with E-state index in [0.29, 0.717) is 21.4 Å². The topological polar surface area (TPSA) is 50.4 Å². The molecule has 1 aromatic carbocycles. The molecule has 0 aliphatic heterocycles. The number of carbonyl (C=O) groups excluding carboxylic acids is 1. The molecule has 4 bridgehead atoms. The van der Waals surface area contributed by atoms with Crippen molar-refractivity contribution in [3.63, 3.8) is 0 Å². The van der Waals surface area contributed by atoms with Crippen LogP contribution < -0.4 is 15.4 Å². The zero-order chi connectivity index (χ0) is 17.6. The van der Waals surface area contributed by atoms with E-state index in [1.54, 1.807) is 18.2 Å². The molecule has 2 N–H and O–H groups in total. The molecule has 0 atom stereocenters. The van der Waals surface area contributed by atoms with Gasteiger partial charge in [-0.15, -0.1) is 0 Å². The molecule has 4 fully saturated rings. The summed E-state index contributed by atoms with van der Waals surface area (Å²) in [5.41, 5.74) is 0.474. The summed E-state index contributed by atoms with van der Waals surface area (Å²) in [6.45, 7) is 0. The van der Waals surface area contributed by atoms with E-state index < -0.39 is 0 Å². The molecular formula is C19H23ClN2O2S. The van der Waals surface area contributed by atoms with Gasteiger partial charge in [-0.1, -0.05) is 11.6 Å². The molecular weight excluding hydrogens is 356 g/mol. The van der Waals surface area contributed by atoms with Gasteiger partial charge in [-0.2, -0.15) is 0 Å². The first-order valence-electron chi connectivity index (χ1n) is 8.93. The fourth-order valence-electron chi connectivity index (χ4n) is 5.56. The number of rotatable bonds is 3. The number of thiocarbonyl (C=S) groups is 1. The zero-order valence-corrected chi connectivity index (χ0v) is 15.9. The van der Waals surface area contributed by atoms with Crippen LogP contribution in [0.15, 0.2) is 18.2 Å². The summed E-state index contributed by atoms with van der Waals surface area (Å²) in [4.78, 5) is 12.6. The minimum absolute atomic E-state index is 0.0809. The molecule has 134 valence electrons. The summed E-state index contributed by atoms with van der Waals surface area (Å²) in [6.07, 6.45) is 7.65. The van der Waals surface area contributed by atoms with E-state index in [4.69, 9.17) is 28.6 Å². The molecule has 6 heteroatoms. The second-order valence-electron chi connectivity index (χ2n) is 7.95. The largest absolute Gasteiger partial charge is 0.496 e. The van der Waals surface area contributed by atoms with Crippen LogP contribution in [0.2, 0.25) is 5.02 Å². The van der Waals surface area contributed by atoms with Gasteiger partial charge in [0, 0.05) is 10.6 Å². The van der Waals surface area contributed by atoms with Crippen molar-refractivity contribution in [3.05, 3.63) is 28.8 Å². The Kier molecular flexibility index (Phi) is 4.40. The lowest BCUT2D eigenvalue weighted by atomic mass is 9.53. The van der Waals surface area contributed by atoms with Crippen molar-refractivity contribution in [2.45, 2.75) is 44.1 Å². The Hall–Kier alpha value is -1.33. The predicted octanol–water partition coefficient (Wildman–Crippen LogP) is 3.92. The first-order chi connectivity index (χ1) is 12.0. The third-order valence-corrected chi connectivity index (χ3v) is 6.49. The molecule has 0 heterocycles. The van der Waals surface area contributed by atoms with Crippen molar-refractivity contribution in [3.8, 4) is 5.75 Å². The first-order valence-corrected chi connectivity index (χ1v) is 9.72. The van der Waals surface area contributed by atoms with Crippen LogP contribution in [0, 0.1) is 17.8 Å². The van der Waals surface area contributed by atoms with Crippen LogP contribution in [0.25, 0.3) is 0 Å². The van der Waals surface area contributed by atoms with Gasteiger partial charge < -0.3 is 10.1 Å². The molecule has 0 unspecified atom stereocenters. The van der Waals surface area contributed by atoms with Crippen LogP contribution in [0.1, 0.15) is 48.9 Å². The van der Waals surface area contributed by atoms with Crippen molar-refractivity contribution in [2.75, 3.05) is 7.11 Å². The lowest BCUT2D eigenvalue weighted by Gasteiger charge is -2.57. The number of hydrogen-bond acceptors (Lipinski definition) is 3. The minimum Gasteiger partial charge on any atom is -0.496 e. The fourth-order valence-corrected chi connectivity index (χ4v) is 6.05. The standard InChI is InChI=1S/C19H23ClN2O2S/c1-24-16-3-2-14(20)7-15(16)17(23)21-18(25)22-19-8-11-4-12(9-19)6-13(5-11)10-19/h2-3,7,11-13H,4-6,8-10H2,1H3,(H2,21,22,23,25). The Morgan fingerprint density at radius 3 is 2.36 bits per heavy atom. The molecule has 4 aliphatic rings. The average molecular weight is 379 g/mol. The van der Waals surface area contributed by atoms with E-state index in [1.807, 2.05) is 0 Å². The molecule has 1 aromatic rings. The van der Waals surface area contributed by atoms with E-state index in [1.165, 1.54) is 45.6 Å². The summed E-state index contributed by atoms with van der Waals surface area (Å²) in [7, 11) is 1.53. The van der Waals surface area contributed by atoms with E-state index in [0.717, 1.165) is 17.8 Å². The Labute approximate surface area is 158 Å². The van der Waals surface area contributed by atoms with Crippen LogP contribution in [0.5, 0.6) is 5.75 Å². The quantitative estimate of drug-likeness (QED) is 0.782. The molecule has 0 spiro atoms. The normalized spacial score (nSPS) is 32.3. The van der Waals surface area contributed by atoms with Gasteiger partial charge in [-0.25, -0.2) is 0 Å². The summed E-state index contributed by atoms with van der Waals surface area (Å²) >= 11 is 11.5. The molecule has 0 radical (unpaired) electrons. The maximum Gasteiger partial charge on any atom is 0.261 e. The highest BCUT2D eigenvalue weighted by atomic mass is 35.5. The second-order valence-corrected chi connectivity index (χ2v) is 8.80. The Balaban J connectivity index is 1.44. The number of nitrogens with one attached hydrogen (secondary N) is 2. The van der Waals surface area contributed by atoms with Gasteiger partial charge >= 0.3 is 0 Å². The van der Waals surface area contributed by atoms with Gasteiger partial charge in [0.1, 0.15) is 5.75 Å². The van der Waals surface area contributed by atoms with E-state index in [9.17, 15) is 4.79 Å². The number of halogens is 1. The molecule has 4 aliphatic carbocycles. The Morgan fingerprint density at radius 2 is 1.80 bits per heavy atom. The highest BCUT2D eigenvalue weighted by Gasteiger charge is 2.51. The first kappa shape index (κ1) is 17.1. The van der Waals surface area contributed by atoms with Gasteiger partial charge in [0.05, 0.1) is 12.7 Å². The van der Waals surface area contributed by atoms with Crippen LogP contribution in [0.3, 0.4) is 0 Å². The Bertz CT molecular complexity index is 686. The van der Waals surface area contributed by atoms with E-state index in [-0.39, 0.29) is 11.4 Å². The average Bonchev–Trinajstić information content (AvgIpc) is 2.52. The SMILES string of the molecule is COc1ccc(Cl)cc1C(=O)NC(=S)NC12CC3CC(CC(C3)C1)C2. The minimum atomic E-state index is -0.290. The summed E-state index contributed by atoms with van der Waals surface area (Å²) < 4.78 is 5.25. The third kappa shape index (κ3) is 3.36. The molecule has 25 heavy (non-hydrogen) atoms. The second kappa shape index (κ2) is 6.44. The van der Waals surface area contributed by atoms with Crippen molar-refractivity contribution < 1.29 is 9.53 Å².